The van der Waals surface area contributed by atoms with Crippen LogP contribution in [-0.2, 0) is 14.4 Å². The highest BCUT2D eigenvalue weighted by molar-refractivity contribution is 6.06. The molecule has 154 valence electrons. The van der Waals surface area contributed by atoms with E-state index < -0.39 is 0 Å². The number of hydrogen-bond donors (Lipinski definition) is 0. The quantitative estimate of drug-likeness (QED) is 0.571. The summed E-state index contributed by atoms with van der Waals surface area (Å²) in [4.78, 5) is 52.6. The number of imide groups is 1. The summed E-state index contributed by atoms with van der Waals surface area (Å²) in [6, 6.07) is 7.57. The fourth-order valence-corrected chi connectivity index (χ4v) is 4.55. The number of likely N-dealkylation sites (tertiary alicyclic amines) is 1. The SMILES string of the molecule is CN1CCN(C(=O)CCN2C(=O)C3CC=CCC3C2=O)c2nc3ccccc3nc21. The molecule has 1 aliphatic carbocycles. The first-order valence-electron chi connectivity index (χ1n) is 10.3. The number of likely N-dealkylation sites (N-methyl/N-ethyl adjacent to an activating group) is 1. The maximum absolute atomic E-state index is 13.1. The van der Waals surface area contributed by atoms with Crippen molar-refractivity contribution in [2.75, 3.05) is 36.5 Å². The summed E-state index contributed by atoms with van der Waals surface area (Å²) in [5.41, 5.74) is 1.51. The van der Waals surface area contributed by atoms with Crippen molar-refractivity contribution in [1.29, 1.82) is 0 Å². The van der Waals surface area contributed by atoms with Crippen molar-refractivity contribution >= 4 is 40.4 Å². The van der Waals surface area contributed by atoms with Gasteiger partial charge in [-0.1, -0.05) is 24.3 Å². The molecule has 1 saturated heterocycles. The van der Waals surface area contributed by atoms with Gasteiger partial charge in [-0.3, -0.25) is 24.2 Å². The first-order valence-corrected chi connectivity index (χ1v) is 10.3. The van der Waals surface area contributed by atoms with Gasteiger partial charge in [0, 0.05) is 33.1 Å². The lowest BCUT2D eigenvalue weighted by Crippen LogP contribution is -2.45. The van der Waals surface area contributed by atoms with Crippen molar-refractivity contribution in [2.24, 2.45) is 11.8 Å². The number of amides is 3. The number of anilines is 2. The van der Waals surface area contributed by atoms with Gasteiger partial charge in [0.25, 0.3) is 0 Å². The third kappa shape index (κ3) is 2.94. The maximum Gasteiger partial charge on any atom is 0.233 e. The molecule has 0 saturated carbocycles. The Balaban J connectivity index is 1.35. The van der Waals surface area contributed by atoms with Crippen molar-refractivity contribution < 1.29 is 14.4 Å². The topological polar surface area (TPSA) is 86.7 Å². The summed E-state index contributed by atoms with van der Waals surface area (Å²) in [6.45, 7) is 1.25. The first kappa shape index (κ1) is 18.7. The molecule has 5 rings (SSSR count). The molecule has 3 amide bonds. The Morgan fingerprint density at radius 1 is 0.967 bits per heavy atom. The van der Waals surface area contributed by atoms with Gasteiger partial charge < -0.3 is 4.90 Å². The Kier molecular flexibility index (Phi) is 4.49. The molecular formula is C22H23N5O3. The number of carbonyl (C=O) groups is 3. The highest BCUT2D eigenvalue weighted by Gasteiger charge is 2.47. The highest BCUT2D eigenvalue weighted by atomic mass is 16.2. The molecule has 0 N–H and O–H groups in total. The Morgan fingerprint density at radius 3 is 2.20 bits per heavy atom. The van der Waals surface area contributed by atoms with Crippen LogP contribution in [0.25, 0.3) is 11.0 Å². The van der Waals surface area contributed by atoms with Crippen LogP contribution in [-0.4, -0.2) is 59.3 Å². The lowest BCUT2D eigenvalue weighted by Gasteiger charge is -2.34. The van der Waals surface area contributed by atoms with Crippen LogP contribution in [0.2, 0.25) is 0 Å². The van der Waals surface area contributed by atoms with E-state index in [1.807, 2.05) is 48.4 Å². The highest BCUT2D eigenvalue weighted by Crippen LogP contribution is 2.35. The predicted molar refractivity (Wildman–Crippen MR) is 112 cm³/mol. The maximum atomic E-state index is 13.1. The molecule has 0 radical (unpaired) electrons. The van der Waals surface area contributed by atoms with Crippen LogP contribution in [0.4, 0.5) is 11.6 Å². The Hall–Kier alpha value is -3.29. The number of fused-ring (bicyclic) bond motifs is 3. The third-order valence-corrected chi connectivity index (χ3v) is 6.26. The second-order valence-electron chi connectivity index (χ2n) is 8.06. The van der Waals surface area contributed by atoms with E-state index in [9.17, 15) is 14.4 Å². The fraction of sp³-hybridized carbons (Fsp3) is 0.409. The van der Waals surface area contributed by atoms with Crippen molar-refractivity contribution in [3.8, 4) is 0 Å². The molecule has 8 nitrogen and oxygen atoms in total. The van der Waals surface area contributed by atoms with Crippen LogP contribution in [0.1, 0.15) is 19.3 Å². The van der Waals surface area contributed by atoms with Crippen molar-refractivity contribution in [2.45, 2.75) is 19.3 Å². The second kappa shape index (κ2) is 7.19. The third-order valence-electron chi connectivity index (χ3n) is 6.26. The van der Waals surface area contributed by atoms with Gasteiger partial charge >= 0.3 is 0 Å². The summed E-state index contributed by atoms with van der Waals surface area (Å²) in [7, 11) is 1.93. The minimum Gasteiger partial charge on any atom is -0.355 e. The summed E-state index contributed by atoms with van der Waals surface area (Å²) < 4.78 is 0. The van der Waals surface area contributed by atoms with Crippen LogP contribution < -0.4 is 9.80 Å². The number of para-hydroxylation sites is 2. The lowest BCUT2D eigenvalue weighted by molar-refractivity contribution is -0.140. The van der Waals surface area contributed by atoms with E-state index >= 15 is 0 Å². The molecule has 1 aromatic heterocycles. The molecule has 30 heavy (non-hydrogen) atoms. The van der Waals surface area contributed by atoms with Gasteiger partial charge in [-0.05, 0) is 25.0 Å². The normalized spacial score (nSPS) is 23.2. The molecule has 3 heterocycles. The summed E-state index contributed by atoms with van der Waals surface area (Å²) in [5, 5.41) is 0. The van der Waals surface area contributed by atoms with Crippen LogP contribution in [0.5, 0.6) is 0 Å². The van der Waals surface area contributed by atoms with Crippen molar-refractivity contribution in [3.63, 3.8) is 0 Å². The van der Waals surface area contributed by atoms with Crippen LogP contribution in [0.3, 0.4) is 0 Å². The Bertz CT molecular complexity index is 1060. The summed E-state index contributed by atoms with van der Waals surface area (Å²) in [5.74, 6) is 0.224. The number of rotatable bonds is 3. The molecule has 2 unspecified atom stereocenters. The average Bonchev–Trinajstić information content (AvgIpc) is 3.01. The minimum atomic E-state index is -0.265. The van der Waals surface area contributed by atoms with Gasteiger partial charge in [0.15, 0.2) is 11.6 Å². The molecule has 0 spiro atoms. The van der Waals surface area contributed by atoms with Gasteiger partial charge in [0.05, 0.1) is 22.9 Å². The van der Waals surface area contributed by atoms with E-state index in [2.05, 4.69) is 9.97 Å². The van der Waals surface area contributed by atoms with Gasteiger partial charge in [0.2, 0.25) is 17.7 Å². The van der Waals surface area contributed by atoms with Gasteiger partial charge in [-0.25, -0.2) is 9.97 Å². The van der Waals surface area contributed by atoms with Crippen molar-refractivity contribution in [3.05, 3.63) is 36.4 Å². The van der Waals surface area contributed by atoms with Gasteiger partial charge in [-0.2, -0.15) is 0 Å². The fourth-order valence-electron chi connectivity index (χ4n) is 4.55. The summed E-state index contributed by atoms with van der Waals surface area (Å²) in [6.07, 6.45) is 5.22. The van der Waals surface area contributed by atoms with Crippen LogP contribution in [0, 0.1) is 11.8 Å². The summed E-state index contributed by atoms with van der Waals surface area (Å²) >= 11 is 0. The molecule has 3 aliphatic rings. The second-order valence-corrected chi connectivity index (χ2v) is 8.06. The van der Waals surface area contributed by atoms with E-state index in [1.165, 1.54) is 4.90 Å². The van der Waals surface area contributed by atoms with Gasteiger partial charge in [0.1, 0.15) is 0 Å². The first-order chi connectivity index (χ1) is 14.5. The van der Waals surface area contributed by atoms with Crippen LogP contribution in [0.15, 0.2) is 36.4 Å². The smallest absolute Gasteiger partial charge is 0.233 e. The van der Waals surface area contributed by atoms with E-state index in [-0.39, 0.29) is 42.5 Å². The zero-order chi connectivity index (χ0) is 20.8. The molecule has 8 heteroatoms. The largest absolute Gasteiger partial charge is 0.355 e. The number of hydrogen-bond acceptors (Lipinski definition) is 6. The predicted octanol–water partition coefficient (Wildman–Crippen LogP) is 1.75. The zero-order valence-corrected chi connectivity index (χ0v) is 16.8. The van der Waals surface area contributed by atoms with E-state index in [4.69, 9.17) is 0 Å². The van der Waals surface area contributed by atoms with E-state index in [1.54, 1.807) is 4.90 Å². The zero-order valence-electron chi connectivity index (χ0n) is 16.8. The average molecular weight is 405 g/mol. The number of benzene rings is 1. The monoisotopic (exact) mass is 405 g/mol. The van der Waals surface area contributed by atoms with Crippen LogP contribution >= 0.6 is 0 Å². The molecule has 2 aromatic rings. The molecule has 0 bridgehead atoms. The number of nitrogens with zero attached hydrogens (tertiary/aromatic N) is 5. The molecule has 1 aromatic carbocycles. The molecule has 1 fully saturated rings. The van der Waals surface area contributed by atoms with Crippen molar-refractivity contribution in [1.82, 2.24) is 14.9 Å². The molecular weight excluding hydrogens is 382 g/mol. The van der Waals surface area contributed by atoms with E-state index in [0.29, 0.717) is 37.6 Å². The standard InChI is InChI=1S/C22H23N5O3/c1-25-12-13-26(20-19(25)23-16-8-4-5-9-17(16)24-20)18(28)10-11-27-21(29)14-6-2-3-7-15(14)22(27)30/h2-5,8-9,14-15H,6-7,10-13H2,1H3. The Labute approximate surface area is 174 Å². The number of aromatic nitrogens is 2. The minimum absolute atomic E-state index is 0.0853. The van der Waals surface area contributed by atoms with Gasteiger partial charge in [-0.15, -0.1) is 0 Å². The number of allylic oxidation sites excluding steroid dienone is 2. The number of carbonyl (C=O) groups excluding carboxylic acids is 3. The molecule has 2 aliphatic heterocycles. The Morgan fingerprint density at radius 2 is 1.57 bits per heavy atom. The molecule has 2 atom stereocenters. The lowest BCUT2D eigenvalue weighted by atomic mass is 9.85. The van der Waals surface area contributed by atoms with E-state index in [0.717, 1.165) is 11.0 Å².